The van der Waals surface area contributed by atoms with Crippen molar-refractivity contribution in [3.63, 3.8) is 0 Å². The van der Waals surface area contributed by atoms with Crippen LogP contribution in [0.5, 0.6) is 0 Å². The summed E-state index contributed by atoms with van der Waals surface area (Å²) in [6.07, 6.45) is 7.33. The number of pyridine rings is 3. The number of aromatic nitrogens is 3. The van der Waals surface area contributed by atoms with Crippen LogP contribution in [0.25, 0.3) is 27.6 Å². The molecule has 5 aromatic rings. The molecule has 45 heavy (non-hydrogen) atoms. The summed E-state index contributed by atoms with van der Waals surface area (Å²) in [7, 11) is 1.65. The summed E-state index contributed by atoms with van der Waals surface area (Å²) < 4.78 is 8.36. The number of morpholine rings is 1. The van der Waals surface area contributed by atoms with Gasteiger partial charge in [-0.05, 0) is 71.7 Å². The van der Waals surface area contributed by atoms with Gasteiger partial charge >= 0.3 is 0 Å². The number of nitrogens with zero attached hydrogens (tertiary/aromatic N) is 4. The van der Waals surface area contributed by atoms with E-state index in [1.165, 1.54) is 29.2 Å². The Hall–Kier alpha value is -5.06. The molecule has 7 rings (SSSR count). The largest absolute Gasteiger partial charge is 0.392 e. The van der Waals surface area contributed by atoms with Gasteiger partial charge in [-0.15, -0.1) is 0 Å². The Balaban J connectivity index is 1.21. The lowest BCUT2D eigenvalue weighted by Crippen LogP contribution is -2.40. The van der Waals surface area contributed by atoms with Crippen molar-refractivity contribution in [1.82, 2.24) is 19.0 Å². The lowest BCUT2D eigenvalue weighted by molar-refractivity contribution is 0.0302. The fraction of sp³-hybridized carbons (Fsp3) is 0.257. The van der Waals surface area contributed by atoms with Crippen molar-refractivity contribution in [1.29, 1.82) is 0 Å². The molecule has 1 aliphatic carbocycles. The van der Waals surface area contributed by atoms with E-state index in [1.54, 1.807) is 47.1 Å². The number of carbonyl (C=O) groups is 1. The molecule has 0 unspecified atom stereocenters. The van der Waals surface area contributed by atoms with Crippen LogP contribution in [0.15, 0.2) is 88.8 Å². The van der Waals surface area contributed by atoms with Crippen LogP contribution in [0.4, 0.5) is 11.5 Å². The van der Waals surface area contributed by atoms with Gasteiger partial charge < -0.3 is 24.6 Å². The van der Waals surface area contributed by atoms with Crippen molar-refractivity contribution in [2.75, 3.05) is 31.6 Å². The van der Waals surface area contributed by atoms with Gasteiger partial charge in [0, 0.05) is 55.2 Å². The van der Waals surface area contributed by atoms with Crippen LogP contribution >= 0.6 is 0 Å². The first kappa shape index (κ1) is 28.7. The molecular formula is C35H33N5O5. The number of fused-ring (bicyclic) bond motifs is 1. The molecule has 2 aliphatic rings. The van der Waals surface area contributed by atoms with E-state index in [0.29, 0.717) is 71.4 Å². The molecule has 2 fully saturated rings. The molecule has 2 N–H and O–H groups in total. The quantitative estimate of drug-likeness (QED) is 0.284. The maximum absolute atomic E-state index is 13.6. The van der Waals surface area contributed by atoms with E-state index in [0.717, 1.165) is 5.39 Å². The predicted molar refractivity (Wildman–Crippen MR) is 172 cm³/mol. The monoisotopic (exact) mass is 603 g/mol. The highest BCUT2D eigenvalue weighted by atomic mass is 16.5. The molecule has 1 saturated heterocycles. The van der Waals surface area contributed by atoms with Crippen molar-refractivity contribution in [2.24, 2.45) is 7.05 Å². The van der Waals surface area contributed by atoms with E-state index >= 15 is 0 Å². The molecule has 1 saturated carbocycles. The Morgan fingerprint density at radius 2 is 1.84 bits per heavy atom. The average molecular weight is 604 g/mol. The van der Waals surface area contributed by atoms with Crippen LogP contribution in [0, 0.1) is 0 Å². The van der Waals surface area contributed by atoms with E-state index in [2.05, 4.69) is 16.4 Å². The predicted octanol–water partition coefficient (Wildman–Crippen LogP) is 4.34. The van der Waals surface area contributed by atoms with Crippen LogP contribution < -0.4 is 16.4 Å². The molecule has 1 amide bonds. The van der Waals surface area contributed by atoms with Gasteiger partial charge in [0.15, 0.2) is 0 Å². The van der Waals surface area contributed by atoms with Gasteiger partial charge in [0.05, 0.1) is 31.1 Å². The van der Waals surface area contributed by atoms with Gasteiger partial charge in [0.25, 0.3) is 17.0 Å². The molecule has 10 heteroatoms. The van der Waals surface area contributed by atoms with E-state index in [4.69, 9.17) is 4.74 Å². The van der Waals surface area contributed by atoms with Gasteiger partial charge in [-0.1, -0.05) is 24.3 Å². The number of hydrogen-bond acceptors (Lipinski definition) is 7. The minimum Gasteiger partial charge on any atom is -0.392 e. The number of hydrogen-bond donors (Lipinski definition) is 2. The van der Waals surface area contributed by atoms with Gasteiger partial charge in [-0.25, -0.2) is 4.98 Å². The number of aliphatic hydroxyl groups excluding tert-OH is 1. The second-order valence-electron chi connectivity index (χ2n) is 11.6. The molecule has 3 aromatic heterocycles. The topological polar surface area (TPSA) is 119 Å². The fourth-order valence-corrected chi connectivity index (χ4v) is 5.99. The molecule has 0 atom stereocenters. The lowest BCUT2D eigenvalue weighted by atomic mass is 9.98. The summed E-state index contributed by atoms with van der Waals surface area (Å²) in [5.41, 5.74) is 4.06. The zero-order chi connectivity index (χ0) is 31.1. The SMILES string of the molecule is Cn1cc(-c2cccc(-n3ccc4cc(C5CC5)ccc4c3=O)c2CO)cc(Nc2ccc(C(=O)N3CCOCC3)cn2)c1=O. The number of aliphatic hydroxyl groups is 1. The highest BCUT2D eigenvalue weighted by Crippen LogP contribution is 2.40. The first-order chi connectivity index (χ1) is 21.9. The number of ether oxygens (including phenoxy) is 1. The van der Waals surface area contributed by atoms with Crippen LogP contribution in [-0.4, -0.2) is 56.3 Å². The van der Waals surface area contributed by atoms with Crippen LogP contribution in [-0.2, 0) is 18.4 Å². The first-order valence-corrected chi connectivity index (χ1v) is 15.1. The minimum absolute atomic E-state index is 0.111. The molecule has 10 nitrogen and oxygen atoms in total. The molecule has 4 heterocycles. The van der Waals surface area contributed by atoms with E-state index in [9.17, 15) is 19.5 Å². The Labute approximate surface area is 259 Å². The maximum atomic E-state index is 13.6. The third-order valence-electron chi connectivity index (χ3n) is 8.61. The van der Waals surface area contributed by atoms with Crippen molar-refractivity contribution in [3.05, 3.63) is 117 Å². The second-order valence-corrected chi connectivity index (χ2v) is 11.6. The van der Waals surface area contributed by atoms with E-state index in [1.807, 2.05) is 36.4 Å². The Morgan fingerprint density at radius 3 is 2.58 bits per heavy atom. The second kappa shape index (κ2) is 11.8. The third kappa shape index (κ3) is 5.54. The third-order valence-corrected chi connectivity index (χ3v) is 8.61. The van der Waals surface area contributed by atoms with Crippen LogP contribution in [0.2, 0.25) is 0 Å². The minimum atomic E-state index is -0.317. The molecule has 2 aromatic carbocycles. The number of carbonyl (C=O) groups excluding carboxylic acids is 1. The summed E-state index contributed by atoms with van der Waals surface area (Å²) in [5.74, 6) is 0.891. The smallest absolute Gasteiger partial charge is 0.274 e. The summed E-state index contributed by atoms with van der Waals surface area (Å²) in [5, 5.41) is 15.2. The van der Waals surface area contributed by atoms with Gasteiger partial charge in [0.2, 0.25) is 0 Å². The highest BCUT2D eigenvalue weighted by molar-refractivity contribution is 5.94. The van der Waals surface area contributed by atoms with Crippen molar-refractivity contribution in [2.45, 2.75) is 25.4 Å². The number of benzene rings is 2. The lowest BCUT2D eigenvalue weighted by Gasteiger charge is -2.26. The summed E-state index contributed by atoms with van der Waals surface area (Å²) in [6, 6.07) is 18.5. The summed E-state index contributed by atoms with van der Waals surface area (Å²) in [4.78, 5) is 45.7. The normalized spacial score (nSPS) is 14.9. The molecule has 0 bridgehead atoms. The highest BCUT2D eigenvalue weighted by Gasteiger charge is 2.24. The van der Waals surface area contributed by atoms with Gasteiger partial charge in [-0.3, -0.25) is 19.0 Å². The molecule has 228 valence electrons. The molecule has 0 radical (unpaired) electrons. The van der Waals surface area contributed by atoms with Crippen molar-refractivity contribution < 1.29 is 14.6 Å². The van der Waals surface area contributed by atoms with Gasteiger partial charge in [0.1, 0.15) is 11.5 Å². The number of aryl methyl sites for hydroxylation is 1. The Morgan fingerprint density at radius 1 is 1.02 bits per heavy atom. The number of amides is 1. The maximum Gasteiger partial charge on any atom is 0.274 e. The van der Waals surface area contributed by atoms with Crippen LogP contribution in [0.1, 0.15) is 40.2 Å². The molecular weight excluding hydrogens is 570 g/mol. The number of rotatable bonds is 7. The Bertz CT molecular complexity index is 2040. The average Bonchev–Trinajstić information content (AvgIpc) is 3.93. The molecule has 1 aliphatic heterocycles. The zero-order valence-electron chi connectivity index (χ0n) is 24.9. The zero-order valence-corrected chi connectivity index (χ0v) is 24.9. The summed E-state index contributed by atoms with van der Waals surface area (Å²) in [6.45, 7) is 1.78. The summed E-state index contributed by atoms with van der Waals surface area (Å²) >= 11 is 0. The standard InChI is InChI=1S/C35H33N5O5/c1-38-20-26(18-30(35(38)44)37-32-10-8-25(19-36-32)33(42)39-13-15-45-16-14-39)27-3-2-4-31(29(27)21-41)40-12-11-24-17-23(22-5-6-22)7-9-28(24)34(40)43/h2-4,7-12,17-20,22,41H,5-6,13-16,21H2,1H3,(H,36,37). The van der Waals surface area contributed by atoms with E-state index in [-0.39, 0.29) is 29.3 Å². The number of anilines is 2. The first-order valence-electron chi connectivity index (χ1n) is 15.1. The number of nitrogens with one attached hydrogen (secondary N) is 1. The van der Waals surface area contributed by atoms with Crippen molar-refractivity contribution >= 4 is 28.2 Å². The Kier molecular flexibility index (Phi) is 7.52. The van der Waals surface area contributed by atoms with Crippen LogP contribution in [0.3, 0.4) is 0 Å². The fourth-order valence-electron chi connectivity index (χ4n) is 5.99. The van der Waals surface area contributed by atoms with E-state index < -0.39 is 0 Å². The van der Waals surface area contributed by atoms with Crippen molar-refractivity contribution in [3.8, 4) is 16.8 Å². The molecule has 0 spiro atoms. The van der Waals surface area contributed by atoms with Gasteiger partial charge in [-0.2, -0.15) is 0 Å².